The van der Waals surface area contributed by atoms with Crippen LogP contribution >= 0.6 is 0 Å². The number of carbonyl (C=O) groups is 1. The molecule has 1 aliphatic rings. The highest BCUT2D eigenvalue weighted by Gasteiger charge is 2.40. The van der Waals surface area contributed by atoms with Gasteiger partial charge in [-0.15, -0.1) is 0 Å². The van der Waals surface area contributed by atoms with Gasteiger partial charge in [0.25, 0.3) is 0 Å². The van der Waals surface area contributed by atoms with E-state index in [0.717, 1.165) is 19.3 Å². The van der Waals surface area contributed by atoms with Crippen LogP contribution in [0.1, 0.15) is 32.1 Å². The number of benzene rings is 1. The minimum Gasteiger partial charge on any atom is -0.490 e. The van der Waals surface area contributed by atoms with Gasteiger partial charge < -0.3 is 19.7 Å². The molecule has 0 saturated heterocycles. The molecule has 4 atom stereocenters. The van der Waals surface area contributed by atoms with Crippen LogP contribution in [0.25, 0.3) is 0 Å². The number of ether oxygens (including phenoxy) is 2. The van der Waals surface area contributed by atoms with Crippen LogP contribution < -0.4 is 4.74 Å². The van der Waals surface area contributed by atoms with Gasteiger partial charge in [0.15, 0.2) is 0 Å². The fourth-order valence-corrected chi connectivity index (χ4v) is 3.32. The first-order chi connectivity index (χ1) is 13.6. The number of rotatable bonds is 10. The van der Waals surface area contributed by atoms with Crippen LogP contribution in [0.5, 0.6) is 5.75 Å². The van der Waals surface area contributed by atoms with Gasteiger partial charge in [-0.25, -0.2) is 0 Å². The molecule has 0 bridgehead atoms. The third kappa shape index (κ3) is 7.47. The highest BCUT2D eigenvalue weighted by Crippen LogP contribution is 2.32. The molecule has 152 valence electrons. The second-order valence-electron chi connectivity index (χ2n) is 7.01. The average molecular weight is 386 g/mol. The summed E-state index contributed by atoms with van der Waals surface area (Å²) in [7, 11) is 1.66. The van der Waals surface area contributed by atoms with Gasteiger partial charge in [0.2, 0.25) is 0 Å². The van der Waals surface area contributed by atoms with Crippen LogP contribution in [0.15, 0.2) is 42.5 Å². The molecule has 2 N–H and O–H groups in total. The number of Topliss-reactive ketones (excluding diaryl/α,β-unsaturated/α-hetero) is 1. The molecule has 0 unspecified atom stereocenters. The molecule has 0 amide bonds. The molecule has 0 radical (unpaired) electrons. The molecule has 28 heavy (non-hydrogen) atoms. The first-order valence-electron chi connectivity index (χ1n) is 9.83. The van der Waals surface area contributed by atoms with Crippen LogP contribution in [0.2, 0.25) is 0 Å². The third-order valence-corrected chi connectivity index (χ3v) is 4.81. The Kier molecular flexibility index (Phi) is 9.78. The molecule has 2 rings (SSSR count). The van der Waals surface area contributed by atoms with Gasteiger partial charge in [-0.3, -0.25) is 4.79 Å². The van der Waals surface area contributed by atoms with E-state index in [-0.39, 0.29) is 24.7 Å². The van der Waals surface area contributed by atoms with Gasteiger partial charge in [-0.05, 0) is 31.4 Å². The predicted octanol–water partition coefficient (Wildman–Crippen LogP) is 2.76. The van der Waals surface area contributed by atoms with E-state index in [0.29, 0.717) is 18.8 Å². The topological polar surface area (TPSA) is 76.0 Å². The Morgan fingerprint density at radius 2 is 2.04 bits per heavy atom. The summed E-state index contributed by atoms with van der Waals surface area (Å²) in [5.74, 6) is 5.74. The Morgan fingerprint density at radius 3 is 2.79 bits per heavy atom. The molecule has 0 aromatic heterocycles. The van der Waals surface area contributed by atoms with Gasteiger partial charge >= 0.3 is 0 Å². The molecule has 5 nitrogen and oxygen atoms in total. The summed E-state index contributed by atoms with van der Waals surface area (Å²) in [6.45, 7) is 0.660. The maximum atomic E-state index is 12.2. The van der Waals surface area contributed by atoms with Crippen molar-refractivity contribution in [1.29, 1.82) is 0 Å². The zero-order valence-electron chi connectivity index (χ0n) is 16.4. The highest BCUT2D eigenvalue weighted by molar-refractivity contribution is 5.84. The molecular formula is C23H30O5. The number of allylic oxidation sites excluding steroid dienone is 1. The number of ketones is 1. The van der Waals surface area contributed by atoms with E-state index < -0.39 is 18.1 Å². The van der Waals surface area contributed by atoms with Crippen molar-refractivity contribution in [3.8, 4) is 17.6 Å². The maximum absolute atomic E-state index is 12.2. The van der Waals surface area contributed by atoms with Crippen molar-refractivity contribution in [3.05, 3.63) is 42.5 Å². The predicted molar refractivity (Wildman–Crippen MR) is 108 cm³/mol. The fraction of sp³-hybridized carbons (Fsp3) is 0.522. The van der Waals surface area contributed by atoms with Crippen molar-refractivity contribution in [2.45, 2.75) is 44.3 Å². The van der Waals surface area contributed by atoms with Crippen molar-refractivity contribution in [1.82, 2.24) is 0 Å². The molecule has 1 fully saturated rings. The number of hydrogen-bond donors (Lipinski definition) is 2. The zero-order valence-corrected chi connectivity index (χ0v) is 16.4. The van der Waals surface area contributed by atoms with Crippen molar-refractivity contribution in [2.24, 2.45) is 11.8 Å². The number of hydrogen-bond acceptors (Lipinski definition) is 5. The van der Waals surface area contributed by atoms with Gasteiger partial charge in [0, 0.05) is 19.4 Å². The summed E-state index contributed by atoms with van der Waals surface area (Å²) in [5, 5.41) is 20.2. The Labute approximate surface area is 167 Å². The lowest BCUT2D eigenvalue weighted by Crippen LogP contribution is -2.21. The molecule has 1 aliphatic carbocycles. The summed E-state index contributed by atoms with van der Waals surface area (Å²) in [6.07, 6.45) is 6.03. The van der Waals surface area contributed by atoms with Gasteiger partial charge in [-0.2, -0.15) is 0 Å². The smallest absolute Gasteiger partial charge is 0.148 e. The Balaban J connectivity index is 1.80. The van der Waals surface area contributed by atoms with Crippen molar-refractivity contribution in [2.75, 3.05) is 20.3 Å². The number of methoxy groups -OCH3 is 1. The number of aliphatic hydroxyl groups excluding tert-OH is 2. The number of aliphatic hydroxyl groups is 2. The van der Waals surface area contributed by atoms with Crippen LogP contribution in [0, 0.1) is 23.7 Å². The molecule has 0 heterocycles. The molecule has 5 heteroatoms. The van der Waals surface area contributed by atoms with Crippen molar-refractivity contribution in [3.63, 3.8) is 0 Å². The van der Waals surface area contributed by atoms with E-state index in [9.17, 15) is 15.0 Å². The quantitative estimate of drug-likeness (QED) is 0.367. The Bertz CT molecular complexity index is 673. The minimum atomic E-state index is -0.963. The highest BCUT2D eigenvalue weighted by atomic mass is 16.5. The first kappa shape index (κ1) is 22.2. The lowest BCUT2D eigenvalue weighted by Gasteiger charge is -2.15. The Hall–Kier alpha value is -2.13. The van der Waals surface area contributed by atoms with Gasteiger partial charge in [0.1, 0.15) is 24.2 Å². The monoisotopic (exact) mass is 386 g/mol. The second kappa shape index (κ2) is 12.4. The minimum absolute atomic E-state index is 0.0479. The lowest BCUT2D eigenvalue weighted by atomic mass is 9.89. The van der Waals surface area contributed by atoms with Gasteiger partial charge in [0.05, 0.1) is 18.6 Å². The van der Waals surface area contributed by atoms with E-state index in [1.165, 1.54) is 0 Å². The summed E-state index contributed by atoms with van der Waals surface area (Å²) < 4.78 is 10.4. The SMILES string of the molecule is COC/C=C/CCCC[C@H]1C(=O)C[C@@H](O)[C@@H]1C#C[C@@H](O)COc1ccccc1. The van der Waals surface area contributed by atoms with Crippen LogP contribution in [0.3, 0.4) is 0 Å². The number of carbonyl (C=O) groups excluding carboxylic acids is 1. The zero-order chi connectivity index (χ0) is 20.2. The maximum Gasteiger partial charge on any atom is 0.148 e. The van der Waals surface area contributed by atoms with Crippen LogP contribution in [-0.4, -0.2) is 48.5 Å². The van der Waals surface area contributed by atoms with E-state index >= 15 is 0 Å². The second-order valence-corrected chi connectivity index (χ2v) is 7.01. The number of unbranched alkanes of at least 4 members (excludes halogenated alkanes) is 2. The molecular weight excluding hydrogens is 356 g/mol. The number of para-hydroxylation sites is 1. The normalized spacial score (nSPS) is 22.8. The van der Waals surface area contributed by atoms with E-state index in [4.69, 9.17) is 9.47 Å². The van der Waals surface area contributed by atoms with E-state index in [1.54, 1.807) is 19.2 Å². The largest absolute Gasteiger partial charge is 0.490 e. The van der Waals surface area contributed by atoms with E-state index in [1.807, 2.05) is 24.3 Å². The summed E-state index contributed by atoms with van der Waals surface area (Å²) in [4.78, 5) is 12.2. The fourth-order valence-electron chi connectivity index (χ4n) is 3.32. The summed E-state index contributed by atoms with van der Waals surface area (Å²) in [5.41, 5.74) is 0. The molecule has 0 spiro atoms. The van der Waals surface area contributed by atoms with E-state index in [2.05, 4.69) is 17.9 Å². The van der Waals surface area contributed by atoms with Crippen molar-refractivity contribution >= 4 is 5.78 Å². The van der Waals surface area contributed by atoms with Crippen LogP contribution in [-0.2, 0) is 9.53 Å². The Morgan fingerprint density at radius 1 is 1.25 bits per heavy atom. The molecule has 1 aromatic rings. The standard InChI is InChI=1S/C23H30O5/c1-27-15-9-4-2-3-8-12-20-21(23(26)16-22(20)25)14-13-18(24)17-28-19-10-6-5-7-11-19/h4-7,9-11,18,20-21,23-24,26H,2-3,8,12,15-17H2,1H3/b9-4+/t18-,20-,21-,23-/m1/s1. The lowest BCUT2D eigenvalue weighted by molar-refractivity contribution is -0.121. The summed E-state index contributed by atoms with van der Waals surface area (Å²) in [6, 6.07) is 9.20. The van der Waals surface area contributed by atoms with Crippen LogP contribution in [0.4, 0.5) is 0 Å². The summed E-state index contributed by atoms with van der Waals surface area (Å²) >= 11 is 0. The average Bonchev–Trinajstić information content (AvgIpc) is 2.97. The van der Waals surface area contributed by atoms with Gasteiger partial charge in [-0.1, -0.05) is 48.6 Å². The molecule has 1 saturated carbocycles. The molecule has 0 aliphatic heterocycles. The first-order valence-corrected chi connectivity index (χ1v) is 9.83. The van der Waals surface area contributed by atoms with Crippen molar-refractivity contribution < 1.29 is 24.5 Å². The third-order valence-electron chi connectivity index (χ3n) is 4.81. The molecule has 1 aromatic carbocycles.